The molecule has 0 aliphatic heterocycles. The van der Waals surface area contributed by atoms with E-state index in [1.54, 1.807) is 6.20 Å². The molecule has 2 aromatic carbocycles. The van der Waals surface area contributed by atoms with Crippen molar-refractivity contribution in [3.05, 3.63) is 78.1 Å². The molecule has 3 rings (SSSR count). The second kappa shape index (κ2) is 5.76. The zero-order valence-electron chi connectivity index (χ0n) is 10.1. The third kappa shape index (κ3) is 2.56. The van der Waals surface area contributed by atoms with E-state index in [-0.39, 0.29) is 22.8 Å². The molecule has 3 heteroatoms. The highest BCUT2D eigenvalue weighted by atomic mass is 79.9. The lowest BCUT2D eigenvalue weighted by molar-refractivity contribution is 0.103. The average Bonchev–Trinajstić information content (AvgIpc) is 2.47. The highest BCUT2D eigenvalue weighted by Crippen LogP contribution is 2.19. The Morgan fingerprint density at radius 1 is 0.842 bits per heavy atom. The fourth-order valence-electron chi connectivity index (χ4n) is 2.03. The van der Waals surface area contributed by atoms with Gasteiger partial charge in [0.05, 0.1) is 0 Å². The van der Waals surface area contributed by atoms with Crippen LogP contribution in [0.1, 0.15) is 16.1 Å². The molecule has 0 aliphatic carbocycles. The van der Waals surface area contributed by atoms with Gasteiger partial charge in [-0.25, -0.2) is 0 Å². The molecule has 1 heterocycles. The Morgan fingerprint density at radius 2 is 1.53 bits per heavy atom. The van der Waals surface area contributed by atoms with Gasteiger partial charge in [0.2, 0.25) is 5.78 Å². The summed E-state index contributed by atoms with van der Waals surface area (Å²) in [7, 11) is 0. The van der Waals surface area contributed by atoms with Gasteiger partial charge in [-0.2, -0.15) is 0 Å². The molecule has 0 N–H and O–H groups in total. The summed E-state index contributed by atoms with van der Waals surface area (Å²) in [6.45, 7) is 0. The SMILES string of the molecule is Br.O=C(c1ccccc1)c1nccc2ccccc12. The van der Waals surface area contributed by atoms with E-state index in [0.717, 1.165) is 10.8 Å². The number of hydrogen-bond acceptors (Lipinski definition) is 2. The number of nitrogens with zero attached hydrogens (tertiary/aromatic N) is 1. The van der Waals surface area contributed by atoms with Crippen LogP contribution in [0.15, 0.2) is 66.9 Å². The zero-order chi connectivity index (χ0) is 12.4. The molecule has 2 nitrogen and oxygen atoms in total. The molecule has 94 valence electrons. The van der Waals surface area contributed by atoms with Gasteiger partial charge < -0.3 is 0 Å². The Morgan fingerprint density at radius 3 is 2.32 bits per heavy atom. The van der Waals surface area contributed by atoms with Gasteiger partial charge in [0, 0.05) is 17.1 Å². The number of pyridine rings is 1. The van der Waals surface area contributed by atoms with Gasteiger partial charge in [-0.3, -0.25) is 9.78 Å². The number of fused-ring (bicyclic) bond motifs is 1. The van der Waals surface area contributed by atoms with Crippen molar-refractivity contribution in [3.8, 4) is 0 Å². The first-order valence-electron chi connectivity index (χ1n) is 5.80. The van der Waals surface area contributed by atoms with Crippen LogP contribution < -0.4 is 0 Å². The quantitative estimate of drug-likeness (QED) is 0.668. The van der Waals surface area contributed by atoms with Gasteiger partial charge in [0.15, 0.2) is 0 Å². The fraction of sp³-hybridized carbons (Fsp3) is 0. The number of benzene rings is 2. The monoisotopic (exact) mass is 313 g/mol. The second-order valence-electron chi connectivity index (χ2n) is 4.08. The smallest absolute Gasteiger partial charge is 0.211 e. The molecule has 0 bridgehead atoms. The minimum absolute atomic E-state index is 0. The van der Waals surface area contributed by atoms with E-state index in [9.17, 15) is 4.79 Å². The number of ketones is 1. The van der Waals surface area contributed by atoms with Crippen LogP contribution in [-0.2, 0) is 0 Å². The molecule has 19 heavy (non-hydrogen) atoms. The molecular formula is C16H12BrNO. The summed E-state index contributed by atoms with van der Waals surface area (Å²) < 4.78 is 0. The van der Waals surface area contributed by atoms with Crippen molar-refractivity contribution in [1.29, 1.82) is 0 Å². The van der Waals surface area contributed by atoms with Crippen LogP contribution in [0.2, 0.25) is 0 Å². The van der Waals surface area contributed by atoms with E-state index in [0.29, 0.717) is 11.3 Å². The van der Waals surface area contributed by atoms with Gasteiger partial charge in [-0.1, -0.05) is 54.6 Å². The lowest BCUT2D eigenvalue weighted by atomic mass is 10.0. The summed E-state index contributed by atoms with van der Waals surface area (Å²) in [6, 6.07) is 18.9. The van der Waals surface area contributed by atoms with Crippen LogP contribution in [0.4, 0.5) is 0 Å². The van der Waals surface area contributed by atoms with Crippen molar-refractivity contribution in [2.75, 3.05) is 0 Å². The Hall–Kier alpha value is -2.00. The number of carbonyl (C=O) groups is 1. The molecule has 0 saturated carbocycles. The van der Waals surface area contributed by atoms with Gasteiger partial charge in [-0.15, -0.1) is 17.0 Å². The van der Waals surface area contributed by atoms with E-state index in [2.05, 4.69) is 4.98 Å². The lowest BCUT2D eigenvalue weighted by Crippen LogP contribution is -2.04. The standard InChI is InChI=1S/C16H11NO.BrH/c18-16(13-7-2-1-3-8-13)15-14-9-5-4-6-12(14)10-11-17-15;/h1-11H;1H. The van der Waals surface area contributed by atoms with Crippen LogP contribution in [-0.4, -0.2) is 10.8 Å². The van der Waals surface area contributed by atoms with Gasteiger partial charge in [-0.05, 0) is 11.5 Å². The minimum Gasteiger partial charge on any atom is -0.287 e. The highest BCUT2D eigenvalue weighted by molar-refractivity contribution is 8.93. The molecule has 0 amide bonds. The first-order chi connectivity index (χ1) is 8.86. The van der Waals surface area contributed by atoms with Crippen molar-refractivity contribution in [3.63, 3.8) is 0 Å². The predicted molar refractivity (Wildman–Crippen MR) is 81.9 cm³/mol. The summed E-state index contributed by atoms with van der Waals surface area (Å²) in [4.78, 5) is 16.6. The molecule has 0 fully saturated rings. The Kier molecular flexibility index (Phi) is 4.07. The maximum Gasteiger partial charge on any atom is 0.211 e. The third-order valence-corrected chi connectivity index (χ3v) is 2.92. The molecule has 0 saturated heterocycles. The first kappa shape index (κ1) is 13.4. The number of halogens is 1. The molecule has 0 aliphatic rings. The lowest BCUT2D eigenvalue weighted by Gasteiger charge is -2.04. The summed E-state index contributed by atoms with van der Waals surface area (Å²) in [5, 5.41) is 1.93. The maximum absolute atomic E-state index is 12.4. The third-order valence-electron chi connectivity index (χ3n) is 2.92. The van der Waals surface area contributed by atoms with E-state index < -0.39 is 0 Å². The molecule has 1 aromatic heterocycles. The number of carbonyl (C=O) groups excluding carboxylic acids is 1. The van der Waals surface area contributed by atoms with E-state index in [1.807, 2.05) is 60.7 Å². The normalized spacial score (nSPS) is 9.89. The minimum atomic E-state index is -0.0348. The van der Waals surface area contributed by atoms with Crippen LogP contribution in [0, 0.1) is 0 Å². The summed E-state index contributed by atoms with van der Waals surface area (Å²) in [5.41, 5.74) is 1.18. The van der Waals surface area contributed by atoms with Crippen LogP contribution in [0.3, 0.4) is 0 Å². The number of rotatable bonds is 2. The molecular weight excluding hydrogens is 302 g/mol. The summed E-state index contributed by atoms with van der Waals surface area (Å²) in [5.74, 6) is -0.0348. The highest BCUT2D eigenvalue weighted by Gasteiger charge is 2.12. The van der Waals surface area contributed by atoms with Gasteiger partial charge in [0.1, 0.15) is 5.69 Å². The summed E-state index contributed by atoms with van der Waals surface area (Å²) in [6.07, 6.45) is 1.68. The first-order valence-corrected chi connectivity index (χ1v) is 5.80. The molecule has 0 atom stereocenters. The Labute approximate surface area is 121 Å². The van der Waals surface area contributed by atoms with Crippen LogP contribution in [0.25, 0.3) is 10.8 Å². The van der Waals surface area contributed by atoms with Crippen molar-refractivity contribution in [2.45, 2.75) is 0 Å². The zero-order valence-corrected chi connectivity index (χ0v) is 11.8. The Bertz CT molecular complexity index is 705. The fourth-order valence-corrected chi connectivity index (χ4v) is 2.03. The number of aromatic nitrogens is 1. The number of hydrogen-bond donors (Lipinski definition) is 0. The maximum atomic E-state index is 12.4. The Balaban J connectivity index is 0.00000133. The summed E-state index contributed by atoms with van der Waals surface area (Å²) >= 11 is 0. The van der Waals surface area contributed by atoms with E-state index in [4.69, 9.17) is 0 Å². The van der Waals surface area contributed by atoms with Crippen molar-refractivity contribution in [1.82, 2.24) is 4.98 Å². The van der Waals surface area contributed by atoms with E-state index >= 15 is 0 Å². The van der Waals surface area contributed by atoms with Crippen molar-refractivity contribution < 1.29 is 4.79 Å². The van der Waals surface area contributed by atoms with Gasteiger partial charge >= 0.3 is 0 Å². The topological polar surface area (TPSA) is 30.0 Å². The van der Waals surface area contributed by atoms with E-state index in [1.165, 1.54) is 0 Å². The molecule has 3 aromatic rings. The van der Waals surface area contributed by atoms with Crippen LogP contribution in [0.5, 0.6) is 0 Å². The van der Waals surface area contributed by atoms with Crippen molar-refractivity contribution >= 4 is 33.5 Å². The van der Waals surface area contributed by atoms with Crippen LogP contribution >= 0.6 is 17.0 Å². The molecule has 0 unspecified atom stereocenters. The largest absolute Gasteiger partial charge is 0.287 e. The average molecular weight is 314 g/mol. The predicted octanol–water partition coefficient (Wildman–Crippen LogP) is 4.04. The van der Waals surface area contributed by atoms with Gasteiger partial charge in [0.25, 0.3) is 0 Å². The van der Waals surface area contributed by atoms with Crippen molar-refractivity contribution in [2.24, 2.45) is 0 Å². The second-order valence-corrected chi connectivity index (χ2v) is 4.08. The molecule has 0 spiro atoms. The molecule has 0 radical (unpaired) electrons.